The number of thiazole rings is 1. The molecule has 3 aromatic rings. The van der Waals surface area contributed by atoms with Crippen molar-refractivity contribution in [3.63, 3.8) is 0 Å². The molecule has 1 atom stereocenters. The topological polar surface area (TPSA) is 34.2 Å². The quantitative estimate of drug-likeness (QED) is 0.655. The standard InChI is InChI=1S/C21H24N2OS/c1-14-10-15(2)20(24-12-17-8-6-5-7-9-17)18(11-14)19-13-25-21(23-19)16(3)22-4/h5-11,13,16,22H,12H2,1-4H3. The van der Waals surface area contributed by atoms with Crippen molar-refractivity contribution >= 4 is 11.3 Å². The minimum absolute atomic E-state index is 0.248. The van der Waals surface area contributed by atoms with E-state index in [2.05, 4.69) is 55.7 Å². The van der Waals surface area contributed by atoms with Gasteiger partial charge in [0.05, 0.1) is 11.7 Å². The Kier molecular flexibility index (Phi) is 5.51. The highest BCUT2D eigenvalue weighted by atomic mass is 32.1. The molecule has 0 amide bonds. The zero-order valence-corrected chi connectivity index (χ0v) is 16.0. The highest BCUT2D eigenvalue weighted by Gasteiger charge is 2.16. The van der Waals surface area contributed by atoms with Gasteiger partial charge in [-0.25, -0.2) is 4.98 Å². The third-order valence-electron chi connectivity index (χ3n) is 4.25. The second-order valence-electron chi connectivity index (χ2n) is 6.31. The first-order valence-corrected chi connectivity index (χ1v) is 9.37. The summed E-state index contributed by atoms with van der Waals surface area (Å²) in [6.07, 6.45) is 0. The second kappa shape index (κ2) is 7.81. The van der Waals surface area contributed by atoms with Crippen LogP contribution in [-0.4, -0.2) is 12.0 Å². The summed E-state index contributed by atoms with van der Waals surface area (Å²) < 4.78 is 6.21. The van der Waals surface area contributed by atoms with E-state index in [1.807, 2.05) is 25.2 Å². The molecule has 2 aromatic carbocycles. The van der Waals surface area contributed by atoms with Crippen LogP contribution in [0.25, 0.3) is 11.3 Å². The molecule has 0 aliphatic heterocycles. The molecule has 3 rings (SSSR count). The summed E-state index contributed by atoms with van der Waals surface area (Å²) in [7, 11) is 1.96. The molecule has 0 radical (unpaired) electrons. The molecular weight excluding hydrogens is 328 g/mol. The molecule has 1 aromatic heterocycles. The van der Waals surface area contributed by atoms with Gasteiger partial charge in [-0.1, -0.05) is 36.4 Å². The maximum Gasteiger partial charge on any atom is 0.132 e. The minimum Gasteiger partial charge on any atom is -0.488 e. The van der Waals surface area contributed by atoms with Crippen LogP contribution in [0.5, 0.6) is 5.75 Å². The summed E-state index contributed by atoms with van der Waals surface area (Å²) in [6, 6.07) is 14.8. The van der Waals surface area contributed by atoms with Gasteiger partial charge in [0.25, 0.3) is 0 Å². The molecule has 0 saturated carbocycles. The van der Waals surface area contributed by atoms with Gasteiger partial charge in [-0.2, -0.15) is 0 Å². The molecule has 0 bridgehead atoms. The van der Waals surface area contributed by atoms with E-state index in [1.54, 1.807) is 11.3 Å². The normalized spacial score (nSPS) is 12.2. The molecule has 3 nitrogen and oxygen atoms in total. The molecule has 1 unspecified atom stereocenters. The van der Waals surface area contributed by atoms with Crippen LogP contribution in [0.2, 0.25) is 0 Å². The van der Waals surface area contributed by atoms with Crippen LogP contribution in [0.15, 0.2) is 47.8 Å². The average Bonchev–Trinajstić information content (AvgIpc) is 3.10. The molecule has 0 aliphatic rings. The number of nitrogens with zero attached hydrogens (tertiary/aromatic N) is 1. The molecular formula is C21H24N2OS. The first kappa shape index (κ1) is 17.6. The van der Waals surface area contributed by atoms with E-state index in [-0.39, 0.29) is 6.04 Å². The fourth-order valence-corrected chi connectivity index (χ4v) is 3.68. The molecule has 25 heavy (non-hydrogen) atoms. The van der Waals surface area contributed by atoms with E-state index in [0.29, 0.717) is 6.61 Å². The predicted octanol–water partition coefficient (Wildman–Crippen LogP) is 5.29. The zero-order chi connectivity index (χ0) is 17.8. The Bertz CT molecular complexity index is 842. The summed E-state index contributed by atoms with van der Waals surface area (Å²) >= 11 is 1.68. The summed E-state index contributed by atoms with van der Waals surface area (Å²) in [6.45, 7) is 6.89. The van der Waals surface area contributed by atoms with E-state index in [4.69, 9.17) is 9.72 Å². The predicted molar refractivity (Wildman–Crippen MR) is 105 cm³/mol. The molecule has 0 aliphatic carbocycles. The maximum atomic E-state index is 6.21. The lowest BCUT2D eigenvalue weighted by Crippen LogP contribution is -2.11. The third-order valence-corrected chi connectivity index (χ3v) is 5.27. The molecule has 1 N–H and O–H groups in total. The van der Waals surface area contributed by atoms with Gasteiger partial charge >= 0.3 is 0 Å². The highest BCUT2D eigenvalue weighted by molar-refractivity contribution is 7.10. The van der Waals surface area contributed by atoms with Crippen LogP contribution >= 0.6 is 11.3 Å². The highest BCUT2D eigenvalue weighted by Crippen LogP contribution is 2.36. The van der Waals surface area contributed by atoms with E-state index in [9.17, 15) is 0 Å². The number of hydrogen-bond acceptors (Lipinski definition) is 4. The lowest BCUT2D eigenvalue weighted by molar-refractivity contribution is 0.305. The molecule has 4 heteroatoms. The monoisotopic (exact) mass is 352 g/mol. The molecule has 1 heterocycles. The Morgan fingerprint density at radius 3 is 2.64 bits per heavy atom. The number of aromatic nitrogens is 1. The van der Waals surface area contributed by atoms with Crippen molar-refractivity contribution in [1.29, 1.82) is 0 Å². The van der Waals surface area contributed by atoms with Crippen molar-refractivity contribution in [1.82, 2.24) is 10.3 Å². The first-order chi connectivity index (χ1) is 12.1. The number of aryl methyl sites for hydroxylation is 2. The number of nitrogens with one attached hydrogen (secondary N) is 1. The third kappa shape index (κ3) is 4.09. The number of hydrogen-bond donors (Lipinski definition) is 1. The molecule has 0 saturated heterocycles. The lowest BCUT2D eigenvalue weighted by atomic mass is 10.0. The van der Waals surface area contributed by atoms with Crippen molar-refractivity contribution in [3.05, 3.63) is 69.5 Å². The van der Waals surface area contributed by atoms with E-state index in [0.717, 1.165) is 33.1 Å². The van der Waals surface area contributed by atoms with Gasteiger partial charge in [0.1, 0.15) is 17.4 Å². The number of benzene rings is 2. The smallest absolute Gasteiger partial charge is 0.132 e. The van der Waals surface area contributed by atoms with Crippen molar-refractivity contribution in [2.24, 2.45) is 0 Å². The van der Waals surface area contributed by atoms with Gasteiger partial charge < -0.3 is 10.1 Å². The number of rotatable bonds is 6. The SMILES string of the molecule is CNC(C)c1nc(-c2cc(C)cc(C)c2OCc2ccccc2)cs1. The van der Waals surface area contributed by atoms with Crippen LogP contribution in [0.4, 0.5) is 0 Å². The van der Waals surface area contributed by atoms with Crippen molar-refractivity contribution in [2.75, 3.05) is 7.05 Å². The largest absolute Gasteiger partial charge is 0.488 e. The Morgan fingerprint density at radius 1 is 1.16 bits per heavy atom. The lowest BCUT2D eigenvalue weighted by Gasteiger charge is -2.14. The Hall–Kier alpha value is -2.17. The van der Waals surface area contributed by atoms with E-state index < -0.39 is 0 Å². The maximum absolute atomic E-state index is 6.21. The number of ether oxygens (including phenoxy) is 1. The molecule has 0 fully saturated rings. The van der Waals surface area contributed by atoms with Gasteiger partial charge in [0.15, 0.2) is 0 Å². The summed E-state index contributed by atoms with van der Waals surface area (Å²) in [4.78, 5) is 4.83. The summed E-state index contributed by atoms with van der Waals surface area (Å²) in [5, 5.41) is 6.45. The van der Waals surface area contributed by atoms with Crippen LogP contribution < -0.4 is 10.1 Å². The van der Waals surface area contributed by atoms with Crippen LogP contribution in [0.1, 0.15) is 34.7 Å². The summed E-state index contributed by atoms with van der Waals surface area (Å²) in [5.74, 6) is 0.920. The van der Waals surface area contributed by atoms with E-state index >= 15 is 0 Å². The molecule has 0 spiro atoms. The second-order valence-corrected chi connectivity index (χ2v) is 7.20. The van der Waals surface area contributed by atoms with Crippen LogP contribution in [0, 0.1) is 13.8 Å². The minimum atomic E-state index is 0.248. The van der Waals surface area contributed by atoms with Gasteiger partial charge in [0, 0.05) is 10.9 Å². The summed E-state index contributed by atoms with van der Waals surface area (Å²) in [5.41, 5.74) is 5.57. The first-order valence-electron chi connectivity index (χ1n) is 8.49. The van der Waals surface area contributed by atoms with Crippen LogP contribution in [0.3, 0.4) is 0 Å². The average molecular weight is 353 g/mol. The van der Waals surface area contributed by atoms with Gasteiger partial charge in [-0.3, -0.25) is 0 Å². The van der Waals surface area contributed by atoms with Gasteiger partial charge in [-0.05, 0) is 50.6 Å². The zero-order valence-electron chi connectivity index (χ0n) is 15.2. The molecule has 130 valence electrons. The Labute approximate surface area is 153 Å². The Balaban J connectivity index is 1.94. The van der Waals surface area contributed by atoms with E-state index in [1.165, 1.54) is 5.56 Å². The van der Waals surface area contributed by atoms with Crippen LogP contribution in [-0.2, 0) is 6.61 Å². The Morgan fingerprint density at radius 2 is 1.92 bits per heavy atom. The van der Waals surface area contributed by atoms with Crippen molar-refractivity contribution < 1.29 is 4.74 Å². The fourth-order valence-electron chi connectivity index (χ4n) is 2.80. The van der Waals surface area contributed by atoms with Crippen molar-refractivity contribution in [3.8, 4) is 17.0 Å². The van der Waals surface area contributed by atoms with Crippen molar-refractivity contribution in [2.45, 2.75) is 33.4 Å². The fraction of sp³-hybridized carbons (Fsp3) is 0.286. The van der Waals surface area contributed by atoms with Gasteiger partial charge in [0.2, 0.25) is 0 Å². The van der Waals surface area contributed by atoms with Gasteiger partial charge in [-0.15, -0.1) is 11.3 Å².